The van der Waals surface area contributed by atoms with Crippen molar-refractivity contribution < 1.29 is 0 Å². The molecule has 3 aliphatic heterocycles. The largest absolute Gasteiger partial charge is 0.311 e. The number of hydrogen-bond donors (Lipinski definition) is 0. The van der Waals surface area contributed by atoms with Gasteiger partial charge in [0, 0.05) is 83.8 Å². The topological polar surface area (TPSA) is 88.7 Å². The number of hydrogen-bond acceptors (Lipinski definition) is 8. The molecular weight excluding hydrogens is 1160 g/mol. The van der Waals surface area contributed by atoms with Crippen LogP contribution >= 0.6 is 0 Å². The summed E-state index contributed by atoms with van der Waals surface area (Å²) in [7, 11) is 0. The minimum atomic E-state index is 0.136. The summed E-state index contributed by atoms with van der Waals surface area (Å²) in [5, 5.41) is 2.18. The Labute approximate surface area is 549 Å². The molecule has 6 heterocycles. The molecule has 9 nitrogen and oxygen atoms in total. The highest BCUT2D eigenvalue weighted by molar-refractivity contribution is 7.01. The van der Waals surface area contributed by atoms with Gasteiger partial charge in [0.2, 0.25) is 0 Å². The maximum absolute atomic E-state index is 5.23. The highest BCUT2D eigenvalue weighted by atomic mass is 15.2. The molecule has 19 rings (SSSR count). The van der Waals surface area contributed by atoms with Crippen LogP contribution in [-0.2, 0) is 6.42 Å². The van der Waals surface area contributed by atoms with Gasteiger partial charge in [-0.05, 0) is 142 Å². The van der Waals surface area contributed by atoms with Gasteiger partial charge in [-0.15, -0.1) is 0 Å². The summed E-state index contributed by atoms with van der Waals surface area (Å²) in [6, 6.07) is 112. The van der Waals surface area contributed by atoms with E-state index in [2.05, 4.69) is 208 Å². The van der Waals surface area contributed by atoms with E-state index in [-0.39, 0.29) is 6.71 Å². The van der Waals surface area contributed by atoms with Crippen molar-refractivity contribution in [2.45, 2.75) is 6.42 Å². The van der Waals surface area contributed by atoms with E-state index >= 15 is 0 Å². The average molecular weight is 1210 g/mol. The van der Waals surface area contributed by atoms with Crippen molar-refractivity contribution in [3.05, 3.63) is 327 Å². The van der Waals surface area contributed by atoms with Gasteiger partial charge in [0.1, 0.15) is 0 Å². The minimum Gasteiger partial charge on any atom is -0.311 e. The molecule has 0 amide bonds. The smallest absolute Gasteiger partial charge is 0.252 e. The fourth-order valence-corrected chi connectivity index (χ4v) is 14.8. The number of nitrogens with zero attached hydrogens (tertiary/aromatic N) is 9. The van der Waals surface area contributed by atoms with E-state index in [9.17, 15) is 0 Å². The number of aromatic nitrogens is 7. The Kier molecular flexibility index (Phi) is 12.6. The molecule has 0 radical (unpaired) electrons. The van der Waals surface area contributed by atoms with Crippen LogP contribution in [0.3, 0.4) is 0 Å². The molecule has 3 aromatic heterocycles. The van der Waals surface area contributed by atoms with Crippen LogP contribution < -0.4 is 26.2 Å². The third kappa shape index (κ3) is 9.01. The molecule has 10 heteroatoms. The van der Waals surface area contributed by atoms with E-state index in [0.29, 0.717) is 34.9 Å². The maximum Gasteiger partial charge on any atom is 0.252 e. The van der Waals surface area contributed by atoms with E-state index in [1.54, 1.807) is 0 Å². The highest BCUT2D eigenvalue weighted by Gasteiger charge is 2.47. The zero-order valence-corrected chi connectivity index (χ0v) is 51.3. The van der Waals surface area contributed by atoms with Crippen molar-refractivity contribution in [2.75, 3.05) is 9.80 Å². The molecular formula is C85H54BN9. The number of benzene rings is 13. The van der Waals surface area contributed by atoms with Gasteiger partial charge in [-0.25, -0.2) is 29.9 Å². The van der Waals surface area contributed by atoms with Gasteiger partial charge in [-0.2, -0.15) is 0 Å². The fourth-order valence-electron chi connectivity index (χ4n) is 14.8. The van der Waals surface area contributed by atoms with E-state index in [1.807, 2.05) is 121 Å². The van der Waals surface area contributed by atoms with E-state index in [0.717, 1.165) is 101 Å². The molecule has 13 aromatic carbocycles. The first-order chi connectivity index (χ1) is 47.1. The monoisotopic (exact) mass is 1210 g/mol. The lowest BCUT2D eigenvalue weighted by Gasteiger charge is -2.46. The SMILES string of the molecule is c1ccc(-c2nc(-c3ccccc3)nc(-c3ccc(-n4c5ccccc5c5cc(-c6nc(-c7ccccc7)nc(-c7ccccc7)n6)ccc54)c(-c4ccc(-c5ccc(N6c7cccc8c7B7c9c(cccc9N(c9ccccc9)c9cccc6c97)C8)cc5)cc4)c3)n2)cc1. The molecule has 95 heavy (non-hydrogen) atoms. The van der Waals surface area contributed by atoms with Crippen LogP contribution in [0.1, 0.15) is 11.1 Å². The number of para-hydroxylation sites is 2. The fraction of sp³-hybridized carbons (Fsp3) is 0.0118. The standard InChI is InChI=1S/C85H54BN9/c1-6-21-57(22-7-1)80-87-81(58-23-8-2-9-24-58)90-84(89-80)63-45-49-71(95-70-34-17-16-33-67(70)69-53-64(46-50-72(69)95)85-91-82(59-25-10-3-11-26-59)88-83(92-85)60-27-12-4-13-28-60)68(52-63)56-41-39-54(40-42-56)55-43-47-66(48-44-55)94-74-36-19-30-62-51-61-29-18-35-73-77(61)86(78(62)74)79-75(37-20-38-76(79)94)93(73)65-31-14-5-15-32-65/h1-50,52-53H,51H2. The van der Waals surface area contributed by atoms with E-state index < -0.39 is 0 Å². The molecule has 0 fully saturated rings. The van der Waals surface area contributed by atoms with Crippen molar-refractivity contribution in [3.63, 3.8) is 0 Å². The van der Waals surface area contributed by atoms with Gasteiger partial charge in [-0.3, -0.25) is 0 Å². The lowest BCUT2D eigenvalue weighted by Crippen LogP contribution is -2.64. The Morgan fingerprint density at radius 1 is 0.242 bits per heavy atom. The first-order valence-corrected chi connectivity index (χ1v) is 32.3. The summed E-state index contributed by atoms with van der Waals surface area (Å²) in [6.45, 7) is 0.136. The molecule has 16 aromatic rings. The second kappa shape index (κ2) is 22.0. The third-order valence-electron chi connectivity index (χ3n) is 19.1. The van der Waals surface area contributed by atoms with Crippen LogP contribution in [0.4, 0.5) is 34.1 Å². The summed E-state index contributed by atoms with van der Waals surface area (Å²) in [5.74, 6) is 3.62. The van der Waals surface area contributed by atoms with E-state index in [1.165, 1.54) is 50.3 Å². The van der Waals surface area contributed by atoms with Gasteiger partial charge in [0.05, 0.1) is 16.7 Å². The lowest BCUT2D eigenvalue weighted by atomic mass is 9.30. The van der Waals surface area contributed by atoms with Crippen molar-refractivity contribution >= 4 is 79.0 Å². The number of rotatable bonds is 11. The number of fused-ring (bicyclic) bond motifs is 3. The van der Waals surface area contributed by atoms with Crippen LogP contribution in [0.15, 0.2) is 315 Å². The predicted molar refractivity (Wildman–Crippen MR) is 388 cm³/mol. The second-order valence-electron chi connectivity index (χ2n) is 24.5. The van der Waals surface area contributed by atoms with Crippen LogP contribution in [0.2, 0.25) is 0 Å². The van der Waals surface area contributed by atoms with Gasteiger partial charge >= 0.3 is 0 Å². The van der Waals surface area contributed by atoms with Gasteiger partial charge in [0.25, 0.3) is 6.71 Å². The third-order valence-corrected chi connectivity index (χ3v) is 19.1. The second-order valence-corrected chi connectivity index (χ2v) is 24.5. The van der Waals surface area contributed by atoms with Crippen molar-refractivity contribution in [3.8, 4) is 96.3 Å². The lowest BCUT2D eigenvalue weighted by molar-refractivity contribution is 1.07. The van der Waals surface area contributed by atoms with Gasteiger partial charge < -0.3 is 14.4 Å². The first kappa shape index (κ1) is 54.1. The normalized spacial score (nSPS) is 12.5. The molecule has 0 aliphatic carbocycles. The Morgan fingerprint density at radius 3 is 1.12 bits per heavy atom. The van der Waals surface area contributed by atoms with Crippen LogP contribution in [0.5, 0.6) is 0 Å². The quantitative estimate of drug-likeness (QED) is 0.118. The predicted octanol–water partition coefficient (Wildman–Crippen LogP) is 18.5. The Bertz CT molecular complexity index is 5570. The Hall–Kier alpha value is -12.7. The summed E-state index contributed by atoms with van der Waals surface area (Å²) < 4.78 is 2.39. The molecule has 0 saturated heterocycles. The zero-order valence-electron chi connectivity index (χ0n) is 51.3. The average Bonchev–Trinajstić information content (AvgIpc) is 1.20. The van der Waals surface area contributed by atoms with Gasteiger partial charge in [-0.1, -0.05) is 224 Å². The van der Waals surface area contributed by atoms with Crippen molar-refractivity contribution in [2.24, 2.45) is 0 Å². The summed E-state index contributed by atoms with van der Waals surface area (Å²) in [4.78, 5) is 35.8. The Morgan fingerprint density at radius 2 is 0.611 bits per heavy atom. The summed E-state index contributed by atoms with van der Waals surface area (Å²) in [6.07, 6.45) is 0.898. The molecule has 0 unspecified atom stereocenters. The van der Waals surface area contributed by atoms with Crippen LogP contribution in [-0.4, -0.2) is 41.2 Å². The van der Waals surface area contributed by atoms with Crippen LogP contribution in [0.25, 0.3) is 118 Å². The molecule has 442 valence electrons. The molecule has 3 aliphatic rings. The van der Waals surface area contributed by atoms with E-state index in [4.69, 9.17) is 29.9 Å². The van der Waals surface area contributed by atoms with Crippen LogP contribution in [0, 0.1) is 0 Å². The highest BCUT2D eigenvalue weighted by Crippen LogP contribution is 2.47. The maximum atomic E-state index is 5.23. The summed E-state index contributed by atoms with van der Waals surface area (Å²) >= 11 is 0. The molecule has 0 saturated carbocycles. The van der Waals surface area contributed by atoms with Gasteiger partial charge in [0.15, 0.2) is 34.9 Å². The molecule has 0 atom stereocenters. The summed E-state index contributed by atoms with van der Waals surface area (Å²) in [5.41, 5.74) is 27.0. The molecule has 0 bridgehead atoms. The zero-order chi connectivity index (χ0) is 62.5. The molecule has 0 N–H and O–H groups in total. The van der Waals surface area contributed by atoms with Crippen molar-refractivity contribution in [1.29, 1.82) is 0 Å². The number of anilines is 6. The van der Waals surface area contributed by atoms with Crippen molar-refractivity contribution in [1.82, 2.24) is 34.5 Å². The Balaban J connectivity index is 0.738. The minimum absolute atomic E-state index is 0.136. The molecule has 0 spiro atoms. The first-order valence-electron chi connectivity index (χ1n) is 32.3.